The maximum absolute atomic E-state index is 10.9. The van der Waals surface area contributed by atoms with Crippen molar-refractivity contribution in [2.45, 2.75) is 26.7 Å². The third-order valence-electron chi connectivity index (χ3n) is 1.27. The lowest BCUT2D eigenvalue weighted by Crippen LogP contribution is -2.47. The van der Waals surface area contributed by atoms with Crippen LogP contribution in [-0.2, 0) is 10.2 Å². The van der Waals surface area contributed by atoms with E-state index in [1.165, 1.54) is 0 Å². The quantitative estimate of drug-likeness (QED) is 0.577. The Kier molecular flexibility index (Phi) is 5.39. The van der Waals surface area contributed by atoms with Gasteiger partial charge in [0.1, 0.15) is 0 Å². The van der Waals surface area contributed by atoms with Crippen molar-refractivity contribution in [1.82, 2.24) is 9.84 Å². The van der Waals surface area contributed by atoms with Gasteiger partial charge >= 0.3 is 0 Å². The van der Waals surface area contributed by atoms with E-state index in [4.69, 9.17) is 5.14 Å². The Hall–Kier alpha value is -0.170. The van der Waals surface area contributed by atoms with Gasteiger partial charge in [-0.1, -0.05) is 13.8 Å². The minimum Gasteiger partial charge on any atom is -0.240 e. The molecule has 0 amide bonds. The molecule has 12 heavy (non-hydrogen) atoms. The molecule has 0 aliphatic rings. The van der Waals surface area contributed by atoms with Gasteiger partial charge < -0.3 is 0 Å². The second kappa shape index (κ2) is 5.47. The van der Waals surface area contributed by atoms with Crippen LogP contribution in [0.3, 0.4) is 0 Å². The molecule has 0 radical (unpaired) electrons. The zero-order chi connectivity index (χ0) is 9.61. The molecule has 0 aliphatic carbocycles. The van der Waals surface area contributed by atoms with E-state index in [1.54, 1.807) is 0 Å². The first kappa shape index (κ1) is 11.8. The van der Waals surface area contributed by atoms with Crippen LogP contribution in [0.1, 0.15) is 26.7 Å². The van der Waals surface area contributed by atoms with Gasteiger partial charge in [0.25, 0.3) is 10.2 Å². The molecule has 0 saturated carbocycles. The van der Waals surface area contributed by atoms with E-state index in [0.29, 0.717) is 13.1 Å². The van der Waals surface area contributed by atoms with Crippen LogP contribution >= 0.6 is 0 Å². The molecule has 6 heteroatoms. The smallest absolute Gasteiger partial charge is 0.240 e. The van der Waals surface area contributed by atoms with E-state index >= 15 is 0 Å². The van der Waals surface area contributed by atoms with E-state index < -0.39 is 10.2 Å². The Balaban J connectivity index is 4.05. The summed E-state index contributed by atoms with van der Waals surface area (Å²) in [6.45, 7) is 4.89. The molecule has 0 fully saturated rings. The van der Waals surface area contributed by atoms with Crippen LogP contribution in [0, 0.1) is 0 Å². The maximum Gasteiger partial charge on any atom is 0.289 e. The normalized spacial score (nSPS) is 12.3. The third kappa shape index (κ3) is 4.66. The van der Waals surface area contributed by atoms with Crippen LogP contribution in [-0.4, -0.2) is 25.9 Å². The van der Waals surface area contributed by atoms with E-state index in [-0.39, 0.29) is 0 Å². The molecule has 0 heterocycles. The largest absolute Gasteiger partial charge is 0.289 e. The minimum atomic E-state index is -3.58. The molecule has 0 aromatic heterocycles. The predicted octanol–water partition coefficient (Wildman–Crippen LogP) is -0.183. The zero-order valence-electron chi connectivity index (χ0n) is 7.58. The van der Waals surface area contributed by atoms with Crippen molar-refractivity contribution in [2.75, 3.05) is 13.1 Å². The number of hydrazine groups is 1. The molecular formula is C6H17N3O2S. The Morgan fingerprint density at radius 1 is 1.33 bits per heavy atom. The van der Waals surface area contributed by atoms with Gasteiger partial charge in [0.2, 0.25) is 0 Å². The summed E-state index contributed by atoms with van der Waals surface area (Å²) in [4.78, 5) is 0. The highest BCUT2D eigenvalue weighted by Gasteiger charge is 2.14. The number of nitrogens with one attached hydrogen (secondary N) is 1. The van der Waals surface area contributed by atoms with Crippen molar-refractivity contribution < 1.29 is 8.42 Å². The van der Waals surface area contributed by atoms with Crippen molar-refractivity contribution in [1.29, 1.82) is 0 Å². The van der Waals surface area contributed by atoms with Gasteiger partial charge in [-0.05, 0) is 12.8 Å². The van der Waals surface area contributed by atoms with Crippen molar-refractivity contribution in [3.8, 4) is 0 Å². The Morgan fingerprint density at radius 2 is 1.92 bits per heavy atom. The van der Waals surface area contributed by atoms with Gasteiger partial charge in [0.15, 0.2) is 0 Å². The average molecular weight is 195 g/mol. The van der Waals surface area contributed by atoms with Crippen LogP contribution in [0.5, 0.6) is 0 Å². The van der Waals surface area contributed by atoms with Gasteiger partial charge in [-0.3, -0.25) is 0 Å². The van der Waals surface area contributed by atoms with Crippen LogP contribution < -0.4 is 10.6 Å². The molecule has 0 unspecified atom stereocenters. The summed E-state index contributed by atoms with van der Waals surface area (Å²) in [6.07, 6.45) is 1.61. The second-order valence-electron chi connectivity index (χ2n) is 2.53. The fourth-order valence-electron chi connectivity index (χ4n) is 0.736. The van der Waals surface area contributed by atoms with Gasteiger partial charge in [-0.25, -0.2) is 10.6 Å². The Morgan fingerprint density at radius 3 is 2.25 bits per heavy atom. The highest BCUT2D eigenvalue weighted by atomic mass is 32.2. The van der Waals surface area contributed by atoms with Crippen molar-refractivity contribution in [2.24, 2.45) is 5.14 Å². The molecule has 5 nitrogen and oxygen atoms in total. The van der Waals surface area contributed by atoms with Crippen molar-refractivity contribution >= 4 is 10.2 Å². The van der Waals surface area contributed by atoms with Gasteiger partial charge in [0.05, 0.1) is 0 Å². The molecule has 0 saturated heterocycles. The lowest BCUT2D eigenvalue weighted by atomic mass is 10.5. The first-order chi connectivity index (χ1) is 5.52. The van der Waals surface area contributed by atoms with E-state index in [1.807, 2.05) is 13.8 Å². The van der Waals surface area contributed by atoms with Crippen LogP contribution in [0.15, 0.2) is 0 Å². The number of hydrogen-bond donors (Lipinski definition) is 2. The lowest BCUT2D eigenvalue weighted by molar-refractivity contribution is 0.316. The second-order valence-corrected chi connectivity index (χ2v) is 4.00. The SMILES string of the molecule is CCCNN(CCC)S(N)(=O)=O. The van der Waals surface area contributed by atoms with Gasteiger partial charge in [-0.15, -0.1) is 4.41 Å². The summed E-state index contributed by atoms with van der Waals surface area (Å²) < 4.78 is 22.8. The Bertz CT molecular complexity index is 203. The molecule has 0 rings (SSSR count). The maximum atomic E-state index is 10.9. The van der Waals surface area contributed by atoms with E-state index in [9.17, 15) is 8.42 Å². The number of rotatable bonds is 6. The molecule has 0 aromatic rings. The fourth-order valence-corrected chi connectivity index (χ4v) is 1.44. The van der Waals surface area contributed by atoms with Crippen LogP contribution in [0.2, 0.25) is 0 Å². The third-order valence-corrected chi connectivity index (χ3v) is 2.20. The highest BCUT2D eigenvalue weighted by molar-refractivity contribution is 7.86. The topological polar surface area (TPSA) is 75.4 Å². The molecule has 74 valence electrons. The summed E-state index contributed by atoms with van der Waals surface area (Å²) in [6, 6.07) is 0. The number of hydrogen-bond acceptors (Lipinski definition) is 3. The molecule has 0 bridgehead atoms. The number of nitrogens with two attached hydrogens (primary N) is 1. The lowest BCUT2D eigenvalue weighted by Gasteiger charge is -2.18. The molecule has 0 aliphatic heterocycles. The molecule has 0 spiro atoms. The summed E-state index contributed by atoms with van der Waals surface area (Å²) in [5.41, 5.74) is 2.73. The first-order valence-electron chi connectivity index (χ1n) is 4.06. The van der Waals surface area contributed by atoms with E-state index in [0.717, 1.165) is 17.3 Å². The summed E-state index contributed by atoms with van der Waals surface area (Å²) in [5.74, 6) is 0. The minimum absolute atomic E-state index is 0.416. The molecule has 3 N–H and O–H groups in total. The summed E-state index contributed by atoms with van der Waals surface area (Å²) >= 11 is 0. The van der Waals surface area contributed by atoms with Crippen molar-refractivity contribution in [3.63, 3.8) is 0 Å². The highest BCUT2D eigenvalue weighted by Crippen LogP contribution is 1.91. The molecule has 0 aromatic carbocycles. The van der Waals surface area contributed by atoms with Gasteiger partial charge in [-0.2, -0.15) is 8.42 Å². The van der Waals surface area contributed by atoms with Crippen molar-refractivity contribution in [3.05, 3.63) is 0 Å². The first-order valence-corrected chi connectivity index (χ1v) is 5.56. The zero-order valence-corrected chi connectivity index (χ0v) is 8.39. The summed E-state index contributed by atoms with van der Waals surface area (Å²) in [5, 5.41) is 4.94. The summed E-state index contributed by atoms with van der Waals surface area (Å²) in [7, 11) is -3.58. The standard InChI is InChI=1S/C6H17N3O2S/c1-3-5-8-9(6-4-2)12(7,10)11/h8H,3-6H2,1-2H3,(H2,7,10,11). The Labute approximate surface area is 74.1 Å². The molecular weight excluding hydrogens is 178 g/mol. The number of nitrogens with zero attached hydrogens (tertiary/aromatic N) is 1. The van der Waals surface area contributed by atoms with E-state index in [2.05, 4.69) is 5.43 Å². The monoisotopic (exact) mass is 195 g/mol. The van der Waals surface area contributed by atoms with Crippen LogP contribution in [0.4, 0.5) is 0 Å². The average Bonchev–Trinajstić information content (AvgIpc) is 1.95. The van der Waals surface area contributed by atoms with Crippen LogP contribution in [0.25, 0.3) is 0 Å². The van der Waals surface area contributed by atoms with Gasteiger partial charge in [0, 0.05) is 13.1 Å². The molecule has 0 atom stereocenters. The predicted molar refractivity (Wildman–Crippen MR) is 48.4 cm³/mol. The fraction of sp³-hybridized carbons (Fsp3) is 1.00.